The number of para-hydroxylation sites is 2. The highest BCUT2D eigenvalue weighted by atomic mass is 19.4. The van der Waals surface area contributed by atoms with Crippen molar-refractivity contribution in [2.75, 3.05) is 19.8 Å². The lowest BCUT2D eigenvalue weighted by Gasteiger charge is -2.15. The minimum absolute atomic E-state index is 0.0988. The first-order valence-corrected chi connectivity index (χ1v) is 5.60. The quantitative estimate of drug-likeness (QED) is 0.834. The molecular formula is C12H13F3O3. The number of benzene rings is 1. The van der Waals surface area contributed by atoms with Crippen LogP contribution in [0.15, 0.2) is 24.3 Å². The Labute approximate surface area is 102 Å². The van der Waals surface area contributed by atoms with Crippen LogP contribution in [0.4, 0.5) is 13.2 Å². The Bertz CT molecular complexity index is 386. The van der Waals surface area contributed by atoms with Gasteiger partial charge in [-0.25, -0.2) is 0 Å². The van der Waals surface area contributed by atoms with E-state index in [1.807, 2.05) is 0 Å². The lowest BCUT2D eigenvalue weighted by molar-refractivity contribution is -0.275. The van der Waals surface area contributed by atoms with Gasteiger partial charge in [-0.05, 0) is 18.6 Å². The molecule has 6 heteroatoms. The van der Waals surface area contributed by atoms with Gasteiger partial charge in [0.05, 0.1) is 13.2 Å². The monoisotopic (exact) mass is 262 g/mol. The molecular weight excluding hydrogens is 249 g/mol. The molecule has 2 rings (SSSR count). The van der Waals surface area contributed by atoms with Crippen LogP contribution in [-0.4, -0.2) is 26.2 Å². The Morgan fingerprint density at radius 1 is 1.22 bits per heavy atom. The van der Waals surface area contributed by atoms with E-state index in [1.165, 1.54) is 18.2 Å². The van der Waals surface area contributed by atoms with Gasteiger partial charge in [0.25, 0.3) is 0 Å². The molecule has 1 aromatic rings. The predicted octanol–water partition coefficient (Wildman–Crippen LogP) is 3.00. The topological polar surface area (TPSA) is 27.7 Å². The smallest absolute Gasteiger partial charge is 0.489 e. The normalized spacial score (nSPS) is 19.8. The number of hydrogen-bond donors (Lipinski definition) is 0. The fourth-order valence-electron chi connectivity index (χ4n) is 1.70. The van der Waals surface area contributed by atoms with E-state index in [0.29, 0.717) is 19.8 Å². The second-order valence-electron chi connectivity index (χ2n) is 4.04. The van der Waals surface area contributed by atoms with E-state index in [0.717, 1.165) is 6.42 Å². The molecule has 0 aromatic heterocycles. The third kappa shape index (κ3) is 3.80. The molecule has 18 heavy (non-hydrogen) atoms. The van der Waals surface area contributed by atoms with Crippen molar-refractivity contribution in [2.45, 2.75) is 12.8 Å². The van der Waals surface area contributed by atoms with E-state index in [1.54, 1.807) is 6.07 Å². The van der Waals surface area contributed by atoms with Crippen molar-refractivity contribution < 1.29 is 27.4 Å². The summed E-state index contributed by atoms with van der Waals surface area (Å²) in [6.45, 7) is 1.59. The predicted molar refractivity (Wildman–Crippen MR) is 57.5 cm³/mol. The zero-order chi connectivity index (χ0) is 13.0. The second kappa shape index (κ2) is 5.48. The summed E-state index contributed by atoms with van der Waals surface area (Å²) >= 11 is 0. The van der Waals surface area contributed by atoms with Gasteiger partial charge < -0.3 is 14.2 Å². The molecule has 1 heterocycles. The Morgan fingerprint density at radius 3 is 2.56 bits per heavy atom. The molecule has 1 aliphatic heterocycles. The molecule has 3 nitrogen and oxygen atoms in total. The Morgan fingerprint density at radius 2 is 1.94 bits per heavy atom. The molecule has 1 unspecified atom stereocenters. The molecule has 1 aromatic carbocycles. The molecule has 1 aliphatic rings. The van der Waals surface area contributed by atoms with Crippen LogP contribution in [0.1, 0.15) is 6.42 Å². The minimum Gasteiger partial charge on any atom is -0.489 e. The molecule has 0 aliphatic carbocycles. The van der Waals surface area contributed by atoms with Gasteiger partial charge in [-0.15, -0.1) is 13.2 Å². The number of ether oxygens (including phenoxy) is 3. The zero-order valence-corrected chi connectivity index (χ0v) is 9.57. The van der Waals surface area contributed by atoms with Gasteiger partial charge in [0.2, 0.25) is 0 Å². The Balaban J connectivity index is 1.98. The second-order valence-corrected chi connectivity index (χ2v) is 4.04. The largest absolute Gasteiger partial charge is 0.573 e. The molecule has 1 atom stereocenters. The van der Waals surface area contributed by atoms with Crippen LogP contribution < -0.4 is 9.47 Å². The van der Waals surface area contributed by atoms with E-state index >= 15 is 0 Å². The molecule has 0 N–H and O–H groups in total. The van der Waals surface area contributed by atoms with Crippen LogP contribution >= 0.6 is 0 Å². The van der Waals surface area contributed by atoms with Crippen molar-refractivity contribution in [1.29, 1.82) is 0 Å². The fraction of sp³-hybridized carbons (Fsp3) is 0.500. The van der Waals surface area contributed by atoms with Gasteiger partial charge in [0, 0.05) is 12.5 Å². The number of rotatable bonds is 4. The van der Waals surface area contributed by atoms with E-state index in [9.17, 15) is 13.2 Å². The maximum Gasteiger partial charge on any atom is 0.573 e. The summed E-state index contributed by atoms with van der Waals surface area (Å²) < 4.78 is 50.9. The SMILES string of the molecule is FC(F)(F)Oc1ccccc1OCC1CCOC1. The number of hydrogen-bond acceptors (Lipinski definition) is 3. The Hall–Kier alpha value is -1.43. The minimum atomic E-state index is -4.71. The van der Waals surface area contributed by atoms with E-state index in [2.05, 4.69) is 4.74 Å². The van der Waals surface area contributed by atoms with Crippen LogP contribution in [0, 0.1) is 5.92 Å². The first-order valence-electron chi connectivity index (χ1n) is 5.60. The summed E-state index contributed by atoms with van der Waals surface area (Å²) in [5.74, 6) is 0.00887. The lowest BCUT2D eigenvalue weighted by atomic mass is 10.1. The van der Waals surface area contributed by atoms with Crippen molar-refractivity contribution >= 4 is 0 Å². The lowest BCUT2D eigenvalue weighted by Crippen LogP contribution is -2.18. The molecule has 0 amide bonds. The van der Waals surface area contributed by atoms with Crippen LogP contribution in [0.2, 0.25) is 0 Å². The van der Waals surface area contributed by atoms with Gasteiger partial charge >= 0.3 is 6.36 Å². The van der Waals surface area contributed by atoms with E-state index < -0.39 is 6.36 Å². The standard InChI is InChI=1S/C12H13F3O3/c13-12(14,15)18-11-4-2-1-3-10(11)17-8-9-5-6-16-7-9/h1-4,9H,5-8H2. The summed E-state index contributed by atoms with van der Waals surface area (Å²) in [7, 11) is 0. The molecule has 0 radical (unpaired) electrons. The van der Waals surface area contributed by atoms with Crippen molar-refractivity contribution in [2.24, 2.45) is 5.92 Å². The van der Waals surface area contributed by atoms with Gasteiger partial charge in [-0.1, -0.05) is 12.1 Å². The first kappa shape index (κ1) is 13.0. The van der Waals surface area contributed by atoms with Crippen molar-refractivity contribution in [3.8, 4) is 11.5 Å². The average Bonchev–Trinajstić information content (AvgIpc) is 2.79. The highest BCUT2D eigenvalue weighted by Gasteiger charge is 2.32. The van der Waals surface area contributed by atoms with E-state index in [-0.39, 0.29) is 17.4 Å². The molecule has 100 valence electrons. The average molecular weight is 262 g/mol. The number of halogens is 3. The van der Waals surface area contributed by atoms with Crippen molar-refractivity contribution in [3.05, 3.63) is 24.3 Å². The summed E-state index contributed by atoms with van der Waals surface area (Å²) in [4.78, 5) is 0. The first-order chi connectivity index (χ1) is 8.54. The maximum absolute atomic E-state index is 12.2. The Kier molecular flexibility index (Phi) is 3.96. The third-order valence-corrected chi connectivity index (χ3v) is 2.57. The molecule has 1 fully saturated rings. The summed E-state index contributed by atoms with van der Waals surface area (Å²) in [5.41, 5.74) is 0. The summed E-state index contributed by atoms with van der Waals surface area (Å²) in [6, 6.07) is 5.75. The molecule has 0 spiro atoms. The summed E-state index contributed by atoms with van der Waals surface area (Å²) in [6.07, 6.45) is -3.85. The maximum atomic E-state index is 12.2. The third-order valence-electron chi connectivity index (χ3n) is 2.57. The van der Waals surface area contributed by atoms with E-state index in [4.69, 9.17) is 9.47 Å². The van der Waals surface area contributed by atoms with Gasteiger partial charge in [-0.3, -0.25) is 0 Å². The molecule has 1 saturated heterocycles. The van der Waals surface area contributed by atoms with Crippen LogP contribution in [0.25, 0.3) is 0 Å². The molecule has 0 bridgehead atoms. The van der Waals surface area contributed by atoms with Crippen LogP contribution in [0.3, 0.4) is 0 Å². The highest BCUT2D eigenvalue weighted by Crippen LogP contribution is 2.32. The molecule has 0 saturated carbocycles. The highest BCUT2D eigenvalue weighted by molar-refractivity contribution is 5.39. The van der Waals surface area contributed by atoms with Crippen molar-refractivity contribution in [3.63, 3.8) is 0 Å². The van der Waals surface area contributed by atoms with Crippen LogP contribution in [-0.2, 0) is 4.74 Å². The number of alkyl halides is 3. The van der Waals surface area contributed by atoms with Gasteiger partial charge in [0.1, 0.15) is 0 Å². The van der Waals surface area contributed by atoms with Gasteiger partial charge in [-0.2, -0.15) is 0 Å². The van der Waals surface area contributed by atoms with Crippen molar-refractivity contribution in [1.82, 2.24) is 0 Å². The fourth-order valence-corrected chi connectivity index (χ4v) is 1.70. The van der Waals surface area contributed by atoms with Crippen LogP contribution in [0.5, 0.6) is 11.5 Å². The zero-order valence-electron chi connectivity index (χ0n) is 9.57. The summed E-state index contributed by atoms with van der Waals surface area (Å²) in [5, 5.41) is 0. The van der Waals surface area contributed by atoms with Gasteiger partial charge in [0.15, 0.2) is 11.5 Å².